The lowest BCUT2D eigenvalue weighted by molar-refractivity contribution is 1.14. The predicted molar refractivity (Wildman–Crippen MR) is 78.3 cm³/mol. The lowest BCUT2D eigenvalue weighted by Crippen LogP contribution is -1.87. The smallest absolute Gasteiger partial charge is 0.0161 e. The average molecular weight is 233 g/mol. The van der Waals surface area contributed by atoms with Crippen LogP contribution in [0.3, 0.4) is 0 Å². The van der Waals surface area contributed by atoms with Gasteiger partial charge in [0.1, 0.15) is 0 Å². The molecule has 0 aliphatic heterocycles. The van der Waals surface area contributed by atoms with Gasteiger partial charge in [0.2, 0.25) is 0 Å². The molecule has 0 unspecified atom stereocenters. The molecule has 1 aliphatic rings. The van der Waals surface area contributed by atoms with Crippen LogP contribution in [0.4, 0.5) is 0 Å². The average Bonchev–Trinajstić information content (AvgIpc) is 2.79. The normalized spacial score (nSPS) is 13.3. The van der Waals surface area contributed by atoms with E-state index in [0.717, 1.165) is 6.42 Å². The maximum atomic E-state index is 2.28. The number of allylic oxidation sites excluding steroid dienone is 1. The molecule has 1 aliphatic carbocycles. The van der Waals surface area contributed by atoms with Crippen molar-refractivity contribution >= 4 is 6.08 Å². The second kappa shape index (κ2) is 4.45. The Balaban J connectivity index is 2.09. The third-order valence-electron chi connectivity index (χ3n) is 3.57. The molecule has 0 saturated heterocycles. The Morgan fingerprint density at radius 1 is 0.944 bits per heavy atom. The van der Waals surface area contributed by atoms with Crippen LogP contribution in [0.15, 0.2) is 48.0 Å². The highest BCUT2D eigenvalue weighted by molar-refractivity contribution is 5.83. The van der Waals surface area contributed by atoms with Gasteiger partial charge >= 0.3 is 0 Å². The van der Waals surface area contributed by atoms with Crippen LogP contribution in [-0.2, 0) is 6.42 Å². The fourth-order valence-electron chi connectivity index (χ4n) is 2.56. The number of hydrogen-bond acceptors (Lipinski definition) is 0. The highest BCUT2D eigenvalue weighted by Crippen LogP contribution is 2.34. The first-order valence-electron chi connectivity index (χ1n) is 6.53. The minimum atomic E-state index is 1.10. The van der Waals surface area contributed by atoms with Crippen LogP contribution in [0.25, 0.3) is 17.2 Å². The van der Waals surface area contributed by atoms with Crippen LogP contribution >= 0.6 is 0 Å². The van der Waals surface area contributed by atoms with Crippen molar-refractivity contribution in [1.82, 2.24) is 0 Å². The van der Waals surface area contributed by atoms with Gasteiger partial charge in [-0.15, -0.1) is 0 Å². The molecule has 0 heterocycles. The zero-order chi connectivity index (χ0) is 12.5. The van der Waals surface area contributed by atoms with Crippen molar-refractivity contribution in [3.8, 4) is 11.1 Å². The molecular formula is C18H17. The summed E-state index contributed by atoms with van der Waals surface area (Å²) in [6.45, 7) is 4.35. The summed E-state index contributed by atoms with van der Waals surface area (Å²) < 4.78 is 0. The van der Waals surface area contributed by atoms with Gasteiger partial charge in [0.15, 0.2) is 0 Å². The Bertz CT molecular complexity index is 600. The lowest BCUT2D eigenvalue weighted by Gasteiger charge is -2.08. The Hall–Kier alpha value is -1.82. The van der Waals surface area contributed by atoms with E-state index in [2.05, 4.69) is 68.8 Å². The topological polar surface area (TPSA) is 0 Å². The standard InChI is InChI=1S/C18H17/c1-3-14-7-9-15(10-8-14)17-6-4-5-16-11-13(2)12-18(16)17/h4-12H,3H2,1-2H3. The van der Waals surface area contributed by atoms with E-state index < -0.39 is 0 Å². The number of aryl methyl sites for hydroxylation is 1. The van der Waals surface area contributed by atoms with Crippen LogP contribution in [0.2, 0.25) is 0 Å². The van der Waals surface area contributed by atoms with Gasteiger partial charge in [-0.2, -0.15) is 0 Å². The first-order valence-corrected chi connectivity index (χ1v) is 6.53. The molecule has 0 fully saturated rings. The number of benzene rings is 2. The van der Waals surface area contributed by atoms with E-state index in [0.29, 0.717) is 0 Å². The number of hydrogen-bond donors (Lipinski definition) is 0. The lowest BCUT2D eigenvalue weighted by atomic mass is 9.96. The van der Waals surface area contributed by atoms with E-state index in [-0.39, 0.29) is 0 Å². The van der Waals surface area contributed by atoms with Crippen molar-refractivity contribution in [1.29, 1.82) is 0 Å². The molecule has 89 valence electrons. The molecule has 0 N–H and O–H groups in total. The molecule has 0 amide bonds. The minimum absolute atomic E-state index is 1.10. The van der Waals surface area contributed by atoms with Gasteiger partial charge in [0, 0.05) is 6.42 Å². The minimum Gasteiger partial charge on any atom is -0.0642 e. The van der Waals surface area contributed by atoms with Gasteiger partial charge in [0.25, 0.3) is 0 Å². The molecule has 0 heteroatoms. The van der Waals surface area contributed by atoms with Crippen molar-refractivity contribution in [3.63, 3.8) is 0 Å². The maximum Gasteiger partial charge on any atom is 0.0161 e. The molecule has 2 aromatic carbocycles. The number of fused-ring (bicyclic) bond motifs is 1. The molecule has 1 radical (unpaired) electrons. The highest BCUT2D eigenvalue weighted by Gasteiger charge is 2.14. The van der Waals surface area contributed by atoms with E-state index in [9.17, 15) is 0 Å². The summed E-state index contributed by atoms with van der Waals surface area (Å²) in [6, 6.07) is 15.5. The first-order chi connectivity index (χ1) is 8.78. The molecule has 0 bridgehead atoms. The molecule has 3 rings (SSSR count). The Morgan fingerprint density at radius 3 is 2.44 bits per heavy atom. The summed E-state index contributed by atoms with van der Waals surface area (Å²) in [6.07, 6.45) is 5.62. The van der Waals surface area contributed by atoms with E-state index in [1.54, 1.807) is 0 Å². The second-order valence-corrected chi connectivity index (χ2v) is 4.89. The van der Waals surface area contributed by atoms with Gasteiger partial charge in [-0.25, -0.2) is 0 Å². The second-order valence-electron chi connectivity index (χ2n) is 4.89. The summed E-state index contributed by atoms with van der Waals surface area (Å²) in [5.41, 5.74) is 8.07. The molecule has 2 aromatic rings. The highest BCUT2D eigenvalue weighted by atomic mass is 14.2. The Kier molecular flexibility index (Phi) is 2.79. The first kappa shape index (κ1) is 11.3. The van der Waals surface area contributed by atoms with E-state index in [1.165, 1.54) is 33.4 Å². The summed E-state index contributed by atoms with van der Waals surface area (Å²) in [4.78, 5) is 0. The largest absolute Gasteiger partial charge is 0.0642 e. The van der Waals surface area contributed by atoms with Gasteiger partial charge in [0.05, 0.1) is 0 Å². The van der Waals surface area contributed by atoms with Crippen molar-refractivity contribution in [2.24, 2.45) is 0 Å². The van der Waals surface area contributed by atoms with Crippen LogP contribution < -0.4 is 0 Å². The molecule has 0 nitrogen and oxygen atoms in total. The van der Waals surface area contributed by atoms with Gasteiger partial charge in [-0.1, -0.05) is 61.0 Å². The Labute approximate surface area is 109 Å². The monoisotopic (exact) mass is 233 g/mol. The van der Waals surface area contributed by atoms with E-state index in [1.807, 2.05) is 0 Å². The summed E-state index contributed by atoms with van der Waals surface area (Å²) >= 11 is 0. The van der Waals surface area contributed by atoms with Crippen LogP contribution in [0.1, 0.15) is 30.5 Å². The van der Waals surface area contributed by atoms with Crippen molar-refractivity contribution < 1.29 is 0 Å². The summed E-state index contributed by atoms with van der Waals surface area (Å²) in [5.74, 6) is 0. The van der Waals surface area contributed by atoms with Crippen molar-refractivity contribution in [2.75, 3.05) is 0 Å². The SMILES string of the molecule is CCc1ccc(-c2cccc3c2C=C(C)[CH]3)cc1. The van der Waals surface area contributed by atoms with Crippen LogP contribution in [0, 0.1) is 6.42 Å². The third kappa shape index (κ3) is 1.88. The molecule has 0 atom stereocenters. The van der Waals surface area contributed by atoms with Crippen molar-refractivity contribution in [2.45, 2.75) is 20.3 Å². The number of rotatable bonds is 2. The molecule has 0 spiro atoms. The Morgan fingerprint density at radius 2 is 1.72 bits per heavy atom. The van der Waals surface area contributed by atoms with Crippen LogP contribution in [0.5, 0.6) is 0 Å². The molecule has 0 saturated carbocycles. The zero-order valence-corrected chi connectivity index (χ0v) is 10.9. The van der Waals surface area contributed by atoms with Gasteiger partial charge in [-0.05, 0) is 41.2 Å². The molecule has 0 aromatic heterocycles. The van der Waals surface area contributed by atoms with Gasteiger partial charge < -0.3 is 0 Å². The molecular weight excluding hydrogens is 216 g/mol. The van der Waals surface area contributed by atoms with Gasteiger partial charge in [-0.3, -0.25) is 0 Å². The van der Waals surface area contributed by atoms with E-state index >= 15 is 0 Å². The fourth-order valence-corrected chi connectivity index (χ4v) is 2.56. The van der Waals surface area contributed by atoms with Crippen molar-refractivity contribution in [3.05, 3.63) is 71.1 Å². The summed E-state index contributed by atoms with van der Waals surface area (Å²) in [7, 11) is 0. The summed E-state index contributed by atoms with van der Waals surface area (Å²) in [5, 5.41) is 0. The van der Waals surface area contributed by atoms with Crippen LogP contribution in [-0.4, -0.2) is 0 Å². The molecule has 18 heavy (non-hydrogen) atoms. The quantitative estimate of drug-likeness (QED) is 0.693. The predicted octanol–water partition coefficient (Wildman–Crippen LogP) is 4.89. The fraction of sp³-hybridized carbons (Fsp3) is 0.167. The van der Waals surface area contributed by atoms with E-state index in [4.69, 9.17) is 0 Å². The maximum absolute atomic E-state index is 2.28. The third-order valence-corrected chi connectivity index (χ3v) is 3.57. The zero-order valence-electron chi connectivity index (χ0n) is 10.9.